The van der Waals surface area contributed by atoms with Crippen LogP contribution >= 0.6 is 0 Å². The summed E-state index contributed by atoms with van der Waals surface area (Å²) in [6.07, 6.45) is 0. The topological polar surface area (TPSA) is 48.8 Å². The first-order chi connectivity index (χ1) is 11.3. The van der Waals surface area contributed by atoms with E-state index in [9.17, 15) is 0 Å². The first-order valence-electron chi connectivity index (χ1n) is 7.46. The lowest BCUT2D eigenvalue weighted by Crippen LogP contribution is -1.84. The van der Waals surface area contributed by atoms with Crippen LogP contribution in [0.4, 0.5) is 5.69 Å². The standard InChI is InChI=1S/C20H15N2O/c21-18-13-17(23-16-9-5-2-6-10-16)11-15-12-19(22-20(15)18)14-7-3-1-4-8-14/h1-13,21-22H. The lowest BCUT2D eigenvalue weighted by Gasteiger charge is -2.06. The summed E-state index contributed by atoms with van der Waals surface area (Å²) in [6.45, 7) is 0. The van der Waals surface area contributed by atoms with Gasteiger partial charge in [0.05, 0.1) is 11.2 Å². The van der Waals surface area contributed by atoms with Gasteiger partial charge in [0.25, 0.3) is 0 Å². The zero-order valence-corrected chi connectivity index (χ0v) is 12.4. The number of rotatable bonds is 3. The molecule has 3 nitrogen and oxygen atoms in total. The maximum Gasteiger partial charge on any atom is 0.130 e. The van der Waals surface area contributed by atoms with Crippen molar-refractivity contribution in [2.24, 2.45) is 0 Å². The number of hydrogen-bond acceptors (Lipinski definition) is 1. The summed E-state index contributed by atoms with van der Waals surface area (Å²) in [7, 11) is 0. The lowest BCUT2D eigenvalue weighted by molar-refractivity contribution is 0.483. The summed E-state index contributed by atoms with van der Waals surface area (Å²) >= 11 is 0. The molecule has 0 fully saturated rings. The molecule has 0 saturated carbocycles. The highest BCUT2D eigenvalue weighted by molar-refractivity contribution is 5.94. The van der Waals surface area contributed by atoms with Gasteiger partial charge in [-0.25, -0.2) is 0 Å². The van der Waals surface area contributed by atoms with Crippen LogP contribution in [0.2, 0.25) is 0 Å². The van der Waals surface area contributed by atoms with Crippen molar-refractivity contribution in [3.8, 4) is 22.8 Å². The Morgan fingerprint density at radius 2 is 1.43 bits per heavy atom. The number of aromatic amines is 1. The molecular formula is C20H15N2O. The maximum atomic E-state index is 8.23. The van der Waals surface area contributed by atoms with Crippen LogP contribution in [-0.4, -0.2) is 4.98 Å². The summed E-state index contributed by atoms with van der Waals surface area (Å²) in [4.78, 5) is 3.33. The van der Waals surface area contributed by atoms with Crippen molar-refractivity contribution in [2.75, 3.05) is 0 Å². The normalized spacial score (nSPS) is 10.8. The quantitative estimate of drug-likeness (QED) is 0.530. The van der Waals surface area contributed by atoms with Gasteiger partial charge in [-0.1, -0.05) is 48.5 Å². The van der Waals surface area contributed by atoms with Crippen molar-refractivity contribution >= 4 is 16.6 Å². The van der Waals surface area contributed by atoms with Crippen molar-refractivity contribution in [1.82, 2.24) is 10.7 Å². The van der Waals surface area contributed by atoms with E-state index in [4.69, 9.17) is 10.5 Å². The number of benzene rings is 3. The maximum absolute atomic E-state index is 8.23. The number of ether oxygens (including phenoxy) is 1. The molecule has 1 radical (unpaired) electrons. The molecule has 3 heteroatoms. The number of H-pyrrole nitrogens is 1. The number of fused-ring (bicyclic) bond motifs is 1. The zero-order chi connectivity index (χ0) is 15.6. The average Bonchev–Trinajstić information content (AvgIpc) is 3.01. The van der Waals surface area contributed by atoms with Gasteiger partial charge in [-0.15, -0.1) is 0 Å². The molecular weight excluding hydrogens is 284 g/mol. The Morgan fingerprint density at radius 1 is 0.739 bits per heavy atom. The Hall–Kier alpha value is -3.20. The van der Waals surface area contributed by atoms with Crippen molar-refractivity contribution in [3.05, 3.63) is 78.9 Å². The van der Waals surface area contributed by atoms with Crippen molar-refractivity contribution in [3.63, 3.8) is 0 Å². The van der Waals surface area contributed by atoms with E-state index in [1.54, 1.807) is 6.07 Å². The fraction of sp³-hybridized carbons (Fsp3) is 0. The molecule has 4 aromatic rings. The Labute approximate surface area is 134 Å². The van der Waals surface area contributed by atoms with E-state index in [0.717, 1.165) is 27.9 Å². The molecule has 1 aromatic heterocycles. The van der Waals surface area contributed by atoms with E-state index in [2.05, 4.69) is 23.2 Å². The molecule has 0 aliphatic heterocycles. The highest BCUT2D eigenvalue weighted by Gasteiger charge is 2.09. The van der Waals surface area contributed by atoms with Crippen LogP contribution in [0.3, 0.4) is 0 Å². The SMILES string of the molecule is [NH]c1cc(Oc2ccccc2)cc2cc(-c3ccccc3)[nH]c12. The lowest BCUT2D eigenvalue weighted by atomic mass is 10.1. The number of aromatic nitrogens is 1. The monoisotopic (exact) mass is 299 g/mol. The molecule has 3 aromatic carbocycles. The first-order valence-corrected chi connectivity index (χ1v) is 7.46. The second kappa shape index (κ2) is 5.54. The van der Waals surface area contributed by atoms with Gasteiger partial charge in [0, 0.05) is 17.1 Å². The molecule has 0 saturated heterocycles. The van der Waals surface area contributed by atoms with Gasteiger partial charge in [-0.2, -0.15) is 0 Å². The first kappa shape index (κ1) is 13.5. The molecule has 4 rings (SSSR count). The van der Waals surface area contributed by atoms with Gasteiger partial charge in [-0.05, 0) is 29.8 Å². The molecule has 0 unspecified atom stereocenters. The smallest absolute Gasteiger partial charge is 0.130 e. The van der Waals surface area contributed by atoms with Crippen molar-refractivity contribution in [1.29, 1.82) is 0 Å². The molecule has 0 aliphatic rings. The predicted molar refractivity (Wildman–Crippen MR) is 93.0 cm³/mol. The highest BCUT2D eigenvalue weighted by atomic mass is 16.5. The summed E-state index contributed by atoms with van der Waals surface area (Å²) in [5, 5.41) is 0.974. The molecule has 0 bridgehead atoms. The molecule has 23 heavy (non-hydrogen) atoms. The second-order valence-corrected chi connectivity index (χ2v) is 5.40. The Balaban J connectivity index is 1.75. The predicted octanol–water partition coefficient (Wildman–Crippen LogP) is 5.54. The van der Waals surface area contributed by atoms with Gasteiger partial charge >= 0.3 is 0 Å². The fourth-order valence-electron chi connectivity index (χ4n) is 2.67. The van der Waals surface area contributed by atoms with E-state index in [0.29, 0.717) is 11.4 Å². The molecule has 0 aliphatic carbocycles. The number of nitrogens with one attached hydrogen (secondary N) is 2. The zero-order valence-electron chi connectivity index (χ0n) is 12.4. The molecule has 0 spiro atoms. The second-order valence-electron chi connectivity index (χ2n) is 5.40. The number of hydrogen-bond donors (Lipinski definition) is 1. The third-order valence-electron chi connectivity index (χ3n) is 3.77. The molecule has 2 N–H and O–H groups in total. The van der Waals surface area contributed by atoms with Gasteiger partial charge in [0.1, 0.15) is 11.5 Å². The largest absolute Gasteiger partial charge is 0.457 e. The Kier molecular flexibility index (Phi) is 3.24. The highest BCUT2D eigenvalue weighted by Crippen LogP contribution is 2.33. The van der Waals surface area contributed by atoms with E-state index >= 15 is 0 Å². The molecule has 0 atom stereocenters. The minimum atomic E-state index is 0.426. The summed E-state index contributed by atoms with van der Waals surface area (Å²) in [6, 6.07) is 25.5. The van der Waals surface area contributed by atoms with Crippen molar-refractivity contribution < 1.29 is 4.74 Å². The Morgan fingerprint density at radius 3 is 2.17 bits per heavy atom. The van der Waals surface area contributed by atoms with Crippen LogP contribution in [0.15, 0.2) is 78.9 Å². The van der Waals surface area contributed by atoms with Gasteiger partial charge in [0.15, 0.2) is 0 Å². The summed E-state index contributed by atoms with van der Waals surface area (Å²) in [5.41, 5.74) is 11.6. The third-order valence-corrected chi connectivity index (χ3v) is 3.77. The summed E-state index contributed by atoms with van der Waals surface area (Å²) in [5.74, 6) is 1.44. The van der Waals surface area contributed by atoms with Crippen LogP contribution < -0.4 is 10.5 Å². The number of para-hydroxylation sites is 1. The van der Waals surface area contributed by atoms with Gasteiger partial charge in [0.2, 0.25) is 0 Å². The van der Waals surface area contributed by atoms with Crippen molar-refractivity contribution in [2.45, 2.75) is 0 Å². The molecule has 1 heterocycles. The van der Waals surface area contributed by atoms with E-state index in [1.165, 1.54) is 0 Å². The average molecular weight is 299 g/mol. The van der Waals surface area contributed by atoms with Crippen LogP contribution in [0.5, 0.6) is 11.5 Å². The Bertz CT molecular complexity index is 943. The van der Waals surface area contributed by atoms with Crippen LogP contribution in [0.25, 0.3) is 22.2 Å². The van der Waals surface area contributed by atoms with Crippen LogP contribution in [0, 0.1) is 0 Å². The van der Waals surface area contributed by atoms with Gasteiger partial charge < -0.3 is 9.72 Å². The minimum Gasteiger partial charge on any atom is -0.457 e. The van der Waals surface area contributed by atoms with E-state index in [1.807, 2.05) is 54.6 Å². The van der Waals surface area contributed by atoms with Gasteiger partial charge in [-0.3, -0.25) is 5.73 Å². The molecule has 111 valence electrons. The van der Waals surface area contributed by atoms with Crippen LogP contribution in [0.1, 0.15) is 0 Å². The van der Waals surface area contributed by atoms with E-state index in [-0.39, 0.29) is 0 Å². The molecule has 0 amide bonds. The minimum absolute atomic E-state index is 0.426. The fourth-order valence-corrected chi connectivity index (χ4v) is 2.67. The van der Waals surface area contributed by atoms with Crippen LogP contribution in [-0.2, 0) is 0 Å². The van der Waals surface area contributed by atoms with E-state index < -0.39 is 0 Å². The third kappa shape index (κ3) is 2.64. The summed E-state index contributed by atoms with van der Waals surface area (Å²) < 4.78 is 5.85.